The lowest BCUT2D eigenvalue weighted by Crippen LogP contribution is -2.27. The molecule has 0 unspecified atom stereocenters. The molecule has 96 valence electrons. The molecule has 7 heteroatoms. The van der Waals surface area contributed by atoms with Crippen LogP contribution in [-0.4, -0.2) is 20.5 Å². The fourth-order valence-corrected chi connectivity index (χ4v) is 2.06. The molecule has 1 aromatic heterocycles. The van der Waals surface area contributed by atoms with Crippen LogP contribution in [0.15, 0.2) is 18.0 Å². The van der Waals surface area contributed by atoms with Crippen LogP contribution in [0.5, 0.6) is 0 Å². The molecule has 0 spiro atoms. The fraction of sp³-hybridized carbons (Fsp3) is 0.455. The van der Waals surface area contributed by atoms with E-state index < -0.39 is 16.9 Å². The Bertz CT molecular complexity index is 546. The van der Waals surface area contributed by atoms with E-state index >= 15 is 0 Å². The number of carbonyl (C=O) groups is 1. The summed E-state index contributed by atoms with van der Waals surface area (Å²) in [4.78, 5) is 22.3. The molecule has 1 aromatic rings. The molecule has 0 radical (unpaired) electrons. The number of hydrogen-bond donors (Lipinski definition) is 0. The van der Waals surface area contributed by atoms with Crippen LogP contribution in [0.1, 0.15) is 25.6 Å². The topological polar surface area (TPSA) is 87.3 Å². The lowest BCUT2D eigenvalue weighted by Gasteiger charge is -2.26. The van der Waals surface area contributed by atoms with E-state index in [0.29, 0.717) is 11.3 Å². The number of hydrogen-bond acceptors (Lipinski definition) is 5. The van der Waals surface area contributed by atoms with Gasteiger partial charge in [0.25, 0.3) is 0 Å². The van der Waals surface area contributed by atoms with Crippen LogP contribution in [0.4, 0.5) is 5.69 Å². The van der Waals surface area contributed by atoms with Gasteiger partial charge in [0, 0.05) is 12.6 Å². The lowest BCUT2D eigenvalue weighted by atomic mass is 9.91. The summed E-state index contributed by atoms with van der Waals surface area (Å²) in [7, 11) is 1.59. The number of ketones is 1. The maximum Gasteiger partial charge on any atom is 0.314 e. The number of rotatable bonds is 2. The van der Waals surface area contributed by atoms with Crippen molar-refractivity contribution in [1.82, 2.24) is 9.78 Å². The third-order valence-electron chi connectivity index (χ3n) is 3.08. The van der Waals surface area contributed by atoms with Gasteiger partial charge < -0.3 is 4.74 Å². The Hall–Kier alpha value is -2.18. The van der Waals surface area contributed by atoms with Crippen molar-refractivity contribution in [3.63, 3.8) is 0 Å². The Kier molecular flexibility index (Phi) is 2.90. The molecular weight excluding hydrogens is 238 g/mol. The highest BCUT2D eigenvalue weighted by molar-refractivity contribution is 5.97. The molecule has 18 heavy (non-hydrogen) atoms. The highest BCUT2D eigenvalue weighted by Gasteiger charge is 2.37. The van der Waals surface area contributed by atoms with Gasteiger partial charge in [0.05, 0.1) is 17.1 Å². The normalized spacial score (nSPS) is 23.5. The number of allylic oxidation sites excluding steroid dienone is 1. The number of ether oxygens (including phenoxy) is 1. The van der Waals surface area contributed by atoms with Crippen LogP contribution in [0.2, 0.25) is 0 Å². The van der Waals surface area contributed by atoms with Crippen LogP contribution in [0.25, 0.3) is 0 Å². The first-order valence-corrected chi connectivity index (χ1v) is 5.46. The average molecular weight is 251 g/mol. The van der Waals surface area contributed by atoms with E-state index in [1.807, 2.05) is 0 Å². The van der Waals surface area contributed by atoms with Crippen LogP contribution in [0, 0.1) is 16.0 Å². The zero-order chi connectivity index (χ0) is 13.4. The second-order valence-corrected chi connectivity index (χ2v) is 4.31. The molecule has 0 saturated heterocycles. The number of Topliss-reactive ketones (excluding diaryl/α,β-unsaturated/α-hetero) is 1. The van der Waals surface area contributed by atoms with Gasteiger partial charge in [-0.05, 0) is 6.92 Å². The number of aryl methyl sites for hydroxylation is 1. The molecular formula is C11H13N3O4. The van der Waals surface area contributed by atoms with Crippen LogP contribution in [0.3, 0.4) is 0 Å². The quantitative estimate of drug-likeness (QED) is 0.587. The fourth-order valence-electron chi connectivity index (χ4n) is 2.06. The van der Waals surface area contributed by atoms with Crippen molar-refractivity contribution in [2.45, 2.75) is 20.0 Å². The molecule has 7 nitrogen and oxygen atoms in total. The van der Waals surface area contributed by atoms with Crippen molar-refractivity contribution in [2.24, 2.45) is 13.0 Å². The minimum Gasteiger partial charge on any atom is -0.490 e. The Morgan fingerprint density at radius 1 is 1.56 bits per heavy atom. The van der Waals surface area contributed by atoms with Gasteiger partial charge in [-0.25, -0.2) is 0 Å². The van der Waals surface area contributed by atoms with Crippen LogP contribution >= 0.6 is 0 Å². The van der Waals surface area contributed by atoms with Crippen LogP contribution in [-0.2, 0) is 16.6 Å². The van der Waals surface area contributed by atoms with Gasteiger partial charge in [-0.15, -0.1) is 0 Å². The van der Waals surface area contributed by atoms with Gasteiger partial charge in [-0.1, -0.05) is 6.92 Å². The summed E-state index contributed by atoms with van der Waals surface area (Å²) < 4.78 is 6.82. The maximum absolute atomic E-state index is 11.9. The zero-order valence-corrected chi connectivity index (χ0v) is 10.3. The summed E-state index contributed by atoms with van der Waals surface area (Å²) in [6.45, 7) is 3.35. The summed E-state index contributed by atoms with van der Waals surface area (Å²) >= 11 is 0. The Morgan fingerprint density at radius 3 is 2.83 bits per heavy atom. The predicted octanol–water partition coefficient (Wildman–Crippen LogP) is 1.51. The Balaban J connectivity index is 2.47. The molecule has 0 saturated carbocycles. The van der Waals surface area contributed by atoms with Gasteiger partial charge in [-0.3, -0.25) is 19.6 Å². The first-order chi connectivity index (χ1) is 8.43. The molecule has 0 bridgehead atoms. The van der Waals surface area contributed by atoms with Crippen molar-refractivity contribution in [2.75, 3.05) is 0 Å². The first-order valence-electron chi connectivity index (χ1n) is 5.46. The van der Waals surface area contributed by atoms with Crippen molar-refractivity contribution >= 4 is 11.5 Å². The van der Waals surface area contributed by atoms with Crippen molar-refractivity contribution in [1.29, 1.82) is 0 Å². The highest BCUT2D eigenvalue weighted by Crippen LogP contribution is 2.36. The summed E-state index contributed by atoms with van der Waals surface area (Å²) in [5, 5.41) is 14.8. The SMILES string of the molecule is CC1=CO[C@@H](c2c([N+](=O)[O-])cnn2C)[C@@H](C)C1=O. The van der Waals surface area contributed by atoms with Crippen molar-refractivity contribution in [3.8, 4) is 0 Å². The van der Waals surface area contributed by atoms with Gasteiger partial charge in [0.15, 0.2) is 17.6 Å². The van der Waals surface area contributed by atoms with Crippen molar-refractivity contribution in [3.05, 3.63) is 33.8 Å². The Morgan fingerprint density at radius 2 is 2.22 bits per heavy atom. The molecule has 0 aliphatic carbocycles. The minimum absolute atomic E-state index is 0.0678. The van der Waals surface area contributed by atoms with E-state index in [-0.39, 0.29) is 11.5 Å². The number of nitro groups is 1. The number of nitrogens with zero attached hydrogens (tertiary/aromatic N) is 3. The van der Waals surface area contributed by atoms with Gasteiger partial charge in [0.1, 0.15) is 6.20 Å². The zero-order valence-electron chi connectivity index (χ0n) is 10.3. The van der Waals surface area contributed by atoms with E-state index in [9.17, 15) is 14.9 Å². The lowest BCUT2D eigenvalue weighted by molar-refractivity contribution is -0.386. The van der Waals surface area contributed by atoms with E-state index in [0.717, 1.165) is 0 Å². The molecule has 0 N–H and O–H groups in total. The Labute approximate surface area is 103 Å². The number of aromatic nitrogens is 2. The molecule has 1 aliphatic rings. The number of carbonyl (C=O) groups excluding carboxylic acids is 1. The van der Waals surface area contributed by atoms with Gasteiger partial charge in [-0.2, -0.15) is 5.10 Å². The summed E-state index contributed by atoms with van der Waals surface area (Å²) in [6, 6.07) is 0. The first kappa shape index (κ1) is 12.3. The molecule has 0 fully saturated rings. The van der Waals surface area contributed by atoms with E-state index in [1.165, 1.54) is 17.1 Å². The monoisotopic (exact) mass is 251 g/mol. The smallest absolute Gasteiger partial charge is 0.314 e. The second kappa shape index (κ2) is 4.25. The summed E-state index contributed by atoms with van der Waals surface area (Å²) in [6.07, 6.45) is 1.85. The second-order valence-electron chi connectivity index (χ2n) is 4.31. The average Bonchev–Trinajstić information content (AvgIpc) is 2.69. The molecule has 2 rings (SSSR count). The van der Waals surface area contributed by atoms with E-state index in [1.54, 1.807) is 20.9 Å². The predicted molar refractivity (Wildman–Crippen MR) is 61.6 cm³/mol. The highest BCUT2D eigenvalue weighted by atomic mass is 16.6. The third-order valence-corrected chi connectivity index (χ3v) is 3.08. The van der Waals surface area contributed by atoms with Gasteiger partial charge in [0.2, 0.25) is 0 Å². The molecule has 2 heterocycles. The molecule has 1 aliphatic heterocycles. The maximum atomic E-state index is 11.9. The molecule has 2 atom stereocenters. The van der Waals surface area contributed by atoms with Crippen LogP contribution < -0.4 is 0 Å². The standard InChI is InChI=1S/C11H13N3O4/c1-6-5-18-11(7(2)10(6)15)9-8(14(16)17)4-12-13(9)3/h4-5,7,11H,1-3H3/t7-,11+/m0/s1. The summed E-state index contributed by atoms with van der Waals surface area (Å²) in [5.74, 6) is -0.536. The minimum atomic E-state index is -0.672. The van der Waals surface area contributed by atoms with Crippen molar-refractivity contribution < 1.29 is 14.5 Å². The summed E-state index contributed by atoms with van der Waals surface area (Å²) in [5.41, 5.74) is 0.697. The largest absolute Gasteiger partial charge is 0.490 e. The third kappa shape index (κ3) is 1.77. The molecule has 0 aromatic carbocycles. The van der Waals surface area contributed by atoms with E-state index in [4.69, 9.17) is 4.74 Å². The molecule has 0 amide bonds. The van der Waals surface area contributed by atoms with E-state index in [2.05, 4.69) is 5.10 Å². The van der Waals surface area contributed by atoms with Gasteiger partial charge >= 0.3 is 5.69 Å².